The number of nitrogens with one attached hydrogen (secondary N) is 1. The number of carbonyl (C=O) groups is 1. The molecule has 5 heteroatoms. The predicted molar refractivity (Wildman–Crippen MR) is 70.2 cm³/mol. The summed E-state index contributed by atoms with van der Waals surface area (Å²) in [6.07, 6.45) is 2.26. The summed E-state index contributed by atoms with van der Waals surface area (Å²) >= 11 is 0. The molecular formula is C13H19N3O2. The number of nitrogens with zero attached hydrogens (tertiary/aromatic N) is 1. The van der Waals surface area contributed by atoms with Crippen LogP contribution in [0.4, 0.5) is 5.69 Å². The molecule has 5 nitrogen and oxygen atoms in total. The number of rotatable bonds is 4. The number of benzene rings is 1. The van der Waals surface area contributed by atoms with Gasteiger partial charge in [0, 0.05) is 20.2 Å². The molecule has 1 heterocycles. The van der Waals surface area contributed by atoms with Crippen molar-refractivity contribution in [2.45, 2.75) is 18.9 Å². The van der Waals surface area contributed by atoms with Gasteiger partial charge in [0.15, 0.2) is 0 Å². The minimum absolute atomic E-state index is 0.0425. The number of ether oxygens (including phenoxy) is 1. The van der Waals surface area contributed by atoms with Crippen LogP contribution in [0.1, 0.15) is 23.2 Å². The highest BCUT2D eigenvalue weighted by Crippen LogP contribution is 2.18. The van der Waals surface area contributed by atoms with Crippen LogP contribution in [0.25, 0.3) is 0 Å². The number of hydrogen-bond acceptors (Lipinski definition) is 4. The quantitative estimate of drug-likeness (QED) is 0.622. The Morgan fingerprint density at radius 2 is 2.33 bits per heavy atom. The van der Waals surface area contributed by atoms with E-state index < -0.39 is 0 Å². The maximum absolute atomic E-state index is 12.3. The Hall–Kier alpha value is -1.59. The maximum Gasteiger partial charge on any atom is 0.255 e. The average Bonchev–Trinajstić information content (AvgIpc) is 2.90. The summed E-state index contributed by atoms with van der Waals surface area (Å²) in [5.41, 5.74) is 3.77. The lowest BCUT2D eigenvalue weighted by molar-refractivity contribution is 0.0588. The van der Waals surface area contributed by atoms with E-state index in [1.807, 2.05) is 12.1 Å². The summed E-state index contributed by atoms with van der Waals surface area (Å²) in [6, 6.07) is 7.22. The number of nitrogens with two attached hydrogens (primary N) is 1. The largest absolute Gasteiger partial charge is 0.376 e. The van der Waals surface area contributed by atoms with Crippen molar-refractivity contribution >= 4 is 11.6 Å². The van der Waals surface area contributed by atoms with Gasteiger partial charge in [0.1, 0.15) is 0 Å². The Morgan fingerprint density at radius 1 is 1.56 bits per heavy atom. The maximum atomic E-state index is 12.3. The normalized spacial score (nSPS) is 18.7. The molecule has 1 atom stereocenters. The first kappa shape index (κ1) is 12.9. The summed E-state index contributed by atoms with van der Waals surface area (Å²) in [6.45, 7) is 1.42. The van der Waals surface area contributed by atoms with E-state index >= 15 is 0 Å². The molecule has 0 aromatic heterocycles. The van der Waals surface area contributed by atoms with Crippen molar-refractivity contribution in [1.82, 2.24) is 4.90 Å². The number of amides is 1. The average molecular weight is 249 g/mol. The van der Waals surface area contributed by atoms with Crippen molar-refractivity contribution in [1.29, 1.82) is 0 Å². The van der Waals surface area contributed by atoms with E-state index in [0.717, 1.165) is 19.4 Å². The van der Waals surface area contributed by atoms with Crippen molar-refractivity contribution in [3.63, 3.8) is 0 Å². The fourth-order valence-corrected chi connectivity index (χ4v) is 2.18. The molecule has 1 unspecified atom stereocenters. The van der Waals surface area contributed by atoms with Crippen LogP contribution in [0.5, 0.6) is 0 Å². The van der Waals surface area contributed by atoms with E-state index in [-0.39, 0.29) is 12.0 Å². The second kappa shape index (κ2) is 5.84. The molecule has 1 aliphatic rings. The van der Waals surface area contributed by atoms with Gasteiger partial charge in [-0.15, -0.1) is 0 Å². The van der Waals surface area contributed by atoms with Gasteiger partial charge in [-0.1, -0.05) is 12.1 Å². The highest BCUT2D eigenvalue weighted by Gasteiger charge is 2.21. The highest BCUT2D eigenvalue weighted by atomic mass is 16.5. The van der Waals surface area contributed by atoms with Crippen LogP contribution in [-0.4, -0.2) is 37.1 Å². The first-order valence-electron chi connectivity index (χ1n) is 6.15. The number of hydrazine groups is 1. The SMILES string of the molecule is CN(CC1CCCO1)C(=O)c1ccccc1NN. The summed E-state index contributed by atoms with van der Waals surface area (Å²) < 4.78 is 5.53. The summed E-state index contributed by atoms with van der Waals surface area (Å²) in [7, 11) is 1.79. The molecular weight excluding hydrogens is 230 g/mol. The fraction of sp³-hybridized carbons (Fsp3) is 0.462. The van der Waals surface area contributed by atoms with Crippen molar-refractivity contribution in [3.05, 3.63) is 29.8 Å². The van der Waals surface area contributed by atoms with Gasteiger partial charge >= 0.3 is 0 Å². The lowest BCUT2D eigenvalue weighted by atomic mass is 10.1. The standard InChI is InChI=1S/C13H19N3O2/c1-16(9-10-5-4-8-18-10)13(17)11-6-2-3-7-12(11)15-14/h2-3,6-7,10,15H,4-5,8-9,14H2,1H3. The van der Waals surface area contributed by atoms with Gasteiger partial charge in [-0.25, -0.2) is 0 Å². The monoisotopic (exact) mass is 249 g/mol. The Balaban J connectivity index is 2.05. The third-order valence-electron chi connectivity index (χ3n) is 3.16. The molecule has 1 amide bonds. The van der Waals surface area contributed by atoms with Crippen LogP contribution < -0.4 is 11.3 Å². The van der Waals surface area contributed by atoms with Crippen LogP contribution in [0.2, 0.25) is 0 Å². The van der Waals surface area contributed by atoms with Gasteiger partial charge in [0.25, 0.3) is 5.91 Å². The minimum atomic E-state index is -0.0425. The molecule has 0 spiro atoms. The van der Waals surface area contributed by atoms with E-state index in [2.05, 4.69) is 5.43 Å². The van der Waals surface area contributed by atoms with Crippen LogP contribution in [0.3, 0.4) is 0 Å². The van der Waals surface area contributed by atoms with E-state index in [1.54, 1.807) is 24.1 Å². The molecule has 18 heavy (non-hydrogen) atoms. The summed E-state index contributed by atoms with van der Waals surface area (Å²) in [4.78, 5) is 14.0. The summed E-state index contributed by atoms with van der Waals surface area (Å²) in [5, 5.41) is 0. The molecule has 0 aliphatic carbocycles. The molecule has 1 saturated heterocycles. The van der Waals surface area contributed by atoms with Gasteiger partial charge in [0.2, 0.25) is 0 Å². The van der Waals surface area contributed by atoms with E-state index in [1.165, 1.54) is 0 Å². The molecule has 3 N–H and O–H groups in total. The van der Waals surface area contributed by atoms with Gasteiger partial charge < -0.3 is 15.1 Å². The fourth-order valence-electron chi connectivity index (χ4n) is 2.18. The van der Waals surface area contributed by atoms with E-state index in [9.17, 15) is 4.79 Å². The van der Waals surface area contributed by atoms with Crippen LogP contribution in [0, 0.1) is 0 Å². The zero-order valence-electron chi connectivity index (χ0n) is 10.6. The Morgan fingerprint density at radius 3 is 3.00 bits per heavy atom. The minimum Gasteiger partial charge on any atom is -0.376 e. The highest BCUT2D eigenvalue weighted by molar-refractivity contribution is 5.99. The first-order chi connectivity index (χ1) is 8.72. The van der Waals surface area contributed by atoms with Gasteiger partial charge in [-0.3, -0.25) is 10.6 Å². The molecule has 1 aromatic rings. The first-order valence-corrected chi connectivity index (χ1v) is 6.15. The molecule has 2 rings (SSSR count). The van der Waals surface area contributed by atoms with Crippen molar-refractivity contribution in [2.75, 3.05) is 25.6 Å². The second-order valence-electron chi connectivity index (χ2n) is 4.51. The molecule has 0 bridgehead atoms. The zero-order valence-corrected chi connectivity index (χ0v) is 10.6. The number of hydrogen-bond donors (Lipinski definition) is 2. The van der Waals surface area contributed by atoms with E-state index in [0.29, 0.717) is 17.8 Å². The molecule has 0 saturated carbocycles. The molecule has 98 valence electrons. The van der Waals surface area contributed by atoms with Crippen molar-refractivity contribution in [2.24, 2.45) is 5.84 Å². The molecule has 0 radical (unpaired) electrons. The number of likely N-dealkylation sites (N-methyl/N-ethyl adjacent to an activating group) is 1. The van der Waals surface area contributed by atoms with Crippen LogP contribution in [-0.2, 0) is 4.74 Å². The van der Waals surface area contributed by atoms with Crippen LogP contribution >= 0.6 is 0 Å². The van der Waals surface area contributed by atoms with Gasteiger partial charge in [-0.05, 0) is 25.0 Å². The summed E-state index contributed by atoms with van der Waals surface area (Å²) in [5.74, 6) is 5.36. The Kier molecular flexibility index (Phi) is 4.17. The predicted octanol–water partition coefficient (Wildman–Crippen LogP) is 1.22. The lowest BCUT2D eigenvalue weighted by Gasteiger charge is -2.21. The topological polar surface area (TPSA) is 67.6 Å². The third-order valence-corrected chi connectivity index (χ3v) is 3.16. The Labute approximate surface area is 107 Å². The zero-order chi connectivity index (χ0) is 13.0. The van der Waals surface area contributed by atoms with Crippen molar-refractivity contribution < 1.29 is 9.53 Å². The molecule has 1 aromatic carbocycles. The van der Waals surface area contributed by atoms with Crippen LogP contribution in [0.15, 0.2) is 24.3 Å². The van der Waals surface area contributed by atoms with Gasteiger partial charge in [0.05, 0.1) is 17.4 Å². The lowest BCUT2D eigenvalue weighted by Crippen LogP contribution is -2.34. The van der Waals surface area contributed by atoms with Gasteiger partial charge in [-0.2, -0.15) is 0 Å². The number of carbonyl (C=O) groups excluding carboxylic acids is 1. The number of anilines is 1. The Bertz CT molecular complexity index is 416. The van der Waals surface area contributed by atoms with Crippen molar-refractivity contribution in [3.8, 4) is 0 Å². The number of nitrogen functional groups attached to an aromatic ring is 1. The molecule has 1 aliphatic heterocycles. The molecule has 1 fully saturated rings. The third kappa shape index (κ3) is 2.80. The number of para-hydroxylation sites is 1. The smallest absolute Gasteiger partial charge is 0.255 e. The second-order valence-corrected chi connectivity index (χ2v) is 4.51. The van der Waals surface area contributed by atoms with E-state index in [4.69, 9.17) is 10.6 Å².